The first-order valence-electron chi connectivity index (χ1n) is 7.62. The number of hydrogen-bond acceptors (Lipinski definition) is 3. The SMILES string of the molecule is CCNC(=NCc1cccs1)NCCC(=O)N1CCCC1.I. The van der Waals surface area contributed by atoms with E-state index in [2.05, 4.69) is 27.1 Å². The summed E-state index contributed by atoms with van der Waals surface area (Å²) in [6.07, 6.45) is 2.82. The molecule has 2 N–H and O–H groups in total. The lowest BCUT2D eigenvalue weighted by Crippen LogP contribution is -2.39. The van der Waals surface area contributed by atoms with Crippen LogP contribution in [-0.2, 0) is 11.3 Å². The molecule has 124 valence electrons. The third kappa shape index (κ3) is 6.51. The van der Waals surface area contributed by atoms with Crippen LogP contribution >= 0.6 is 35.3 Å². The molecule has 1 aromatic rings. The van der Waals surface area contributed by atoms with E-state index in [1.807, 2.05) is 17.9 Å². The van der Waals surface area contributed by atoms with Gasteiger partial charge in [0, 0.05) is 37.5 Å². The number of amides is 1. The normalized spacial score (nSPS) is 14.6. The summed E-state index contributed by atoms with van der Waals surface area (Å²) >= 11 is 1.71. The number of carbonyl (C=O) groups excluding carboxylic acids is 1. The molecule has 1 aromatic heterocycles. The summed E-state index contributed by atoms with van der Waals surface area (Å²) in [5, 5.41) is 8.50. The Balaban J connectivity index is 0.00000242. The average Bonchev–Trinajstić information content (AvgIpc) is 3.17. The molecule has 0 unspecified atom stereocenters. The quantitative estimate of drug-likeness (QED) is 0.409. The third-order valence-corrected chi connectivity index (χ3v) is 4.27. The van der Waals surface area contributed by atoms with Crippen molar-refractivity contribution in [3.05, 3.63) is 22.4 Å². The van der Waals surface area contributed by atoms with Crippen LogP contribution in [0, 0.1) is 0 Å². The Morgan fingerprint density at radius 3 is 2.77 bits per heavy atom. The number of aliphatic imine (C=N–C) groups is 1. The number of thiophene rings is 1. The van der Waals surface area contributed by atoms with Gasteiger partial charge in [0.25, 0.3) is 0 Å². The van der Waals surface area contributed by atoms with Gasteiger partial charge in [0.15, 0.2) is 5.96 Å². The fraction of sp³-hybridized carbons (Fsp3) is 0.600. The molecule has 0 spiro atoms. The lowest BCUT2D eigenvalue weighted by atomic mass is 10.3. The van der Waals surface area contributed by atoms with E-state index in [1.54, 1.807) is 11.3 Å². The summed E-state index contributed by atoms with van der Waals surface area (Å²) in [5.74, 6) is 1.02. The predicted molar refractivity (Wildman–Crippen MR) is 103 cm³/mol. The Morgan fingerprint density at radius 2 is 2.14 bits per heavy atom. The number of likely N-dealkylation sites (tertiary alicyclic amines) is 1. The second kappa shape index (κ2) is 10.8. The lowest BCUT2D eigenvalue weighted by molar-refractivity contribution is -0.129. The molecule has 1 aliphatic heterocycles. The van der Waals surface area contributed by atoms with E-state index in [1.165, 1.54) is 4.88 Å². The van der Waals surface area contributed by atoms with E-state index in [9.17, 15) is 4.79 Å². The minimum Gasteiger partial charge on any atom is -0.357 e. The highest BCUT2D eigenvalue weighted by Crippen LogP contribution is 2.09. The van der Waals surface area contributed by atoms with E-state index >= 15 is 0 Å². The zero-order valence-electron chi connectivity index (χ0n) is 13.0. The van der Waals surface area contributed by atoms with Crippen LogP contribution in [0.3, 0.4) is 0 Å². The van der Waals surface area contributed by atoms with E-state index < -0.39 is 0 Å². The van der Waals surface area contributed by atoms with Gasteiger partial charge in [0.2, 0.25) is 5.91 Å². The van der Waals surface area contributed by atoms with Gasteiger partial charge in [-0.1, -0.05) is 6.07 Å². The van der Waals surface area contributed by atoms with Crippen LogP contribution in [0.4, 0.5) is 0 Å². The lowest BCUT2D eigenvalue weighted by Gasteiger charge is -2.16. The van der Waals surface area contributed by atoms with Crippen molar-refractivity contribution in [2.75, 3.05) is 26.2 Å². The number of guanidine groups is 1. The molecule has 1 fully saturated rings. The zero-order chi connectivity index (χ0) is 14.9. The first-order valence-corrected chi connectivity index (χ1v) is 8.50. The fourth-order valence-corrected chi connectivity index (χ4v) is 2.94. The molecule has 0 radical (unpaired) electrons. The minimum atomic E-state index is 0. The average molecular weight is 436 g/mol. The molecule has 1 saturated heterocycles. The van der Waals surface area contributed by atoms with Crippen molar-refractivity contribution in [3.8, 4) is 0 Å². The van der Waals surface area contributed by atoms with Crippen molar-refractivity contribution in [1.82, 2.24) is 15.5 Å². The van der Waals surface area contributed by atoms with Crippen LogP contribution in [0.25, 0.3) is 0 Å². The number of halogens is 1. The topological polar surface area (TPSA) is 56.7 Å². The van der Waals surface area contributed by atoms with Crippen molar-refractivity contribution in [2.24, 2.45) is 4.99 Å². The van der Waals surface area contributed by atoms with E-state index in [-0.39, 0.29) is 29.9 Å². The van der Waals surface area contributed by atoms with Gasteiger partial charge in [-0.3, -0.25) is 4.79 Å². The molecule has 0 aliphatic carbocycles. The van der Waals surface area contributed by atoms with Gasteiger partial charge in [0.1, 0.15) is 0 Å². The maximum atomic E-state index is 12.0. The molecule has 2 rings (SSSR count). The van der Waals surface area contributed by atoms with Gasteiger partial charge in [-0.2, -0.15) is 0 Å². The highest BCUT2D eigenvalue weighted by atomic mass is 127. The van der Waals surface area contributed by atoms with Gasteiger partial charge in [-0.05, 0) is 31.2 Å². The van der Waals surface area contributed by atoms with Crippen molar-refractivity contribution < 1.29 is 4.79 Å². The molecule has 0 atom stereocenters. The summed E-state index contributed by atoms with van der Waals surface area (Å²) in [6, 6.07) is 4.11. The molecule has 22 heavy (non-hydrogen) atoms. The molecule has 2 heterocycles. The zero-order valence-corrected chi connectivity index (χ0v) is 16.2. The van der Waals surface area contributed by atoms with Crippen molar-refractivity contribution in [3.63, 3.8) is 0 Å². The minimum absolute atomic E-state index is 0. The van der Waals surface area contributed by atoms with Crippen molar-refractivity contribution >= 4 is 47.2 Å². The number of hydrogen-bond donors (Lipinski definition) is 2. The van der Waals surface area contributed by atoms with Gasteiger partial charge in [-0.25, -0.2) is 4.99 Å². The smallest absolute Gasteiger partial charge is 0.224 e. The highest BCUT2D eigenvalue weighted by molar-refractivity contribution is 14.0. The van der Waals surface area contributed by atoms with Gasteiger partial charge < -0.3 is 15.5 Å². The molecular formula is C15H25IN4OS. The Labute approximate surface area is 153 Å². The molecule has 7 heteroatoms. The molecule has 0 saturated carbocycles. The number of carbonyl (C=O) groups is 1. The van der Waals surface area contributed by atoms with Crippen LogP contribution in [0.1, 0.15) is 31.1 Å². The van der Waals surface area contributed by atoms with E-state index in [0.717, 1.165) is 38.4 Å². The summed E-state index contributed by atoms with van der Waals surface area (Å²) in [5.41, 5.74) is 0. The van der Waals surface area contributed by atoms with Gasteiger partial charge >= 0.3 is 0 Å². The largest absolute Gasteiger partial charge is 0.357 e. The first kappa shape index (κ1) is 19.2. The number of rotatable bonds is 6. The summed E-state index contributed by atoms with van der Waals surface area (Å²) in [4.78, 5) is 19.7. The Hall–Kier alpha value is -0.830. The van der Waals surface area contributed by atoms with Gasteiger partial charge in [0.05, 0.1) is 6.54 Å². The van der Waals surface area contributed by atoms with Crippen molar-refractivity contribution in [2.45, 2.75) is 32.7 Å². The molecule has 5 nitrogen and oxygen atoms in total. The maximum Gasteiger partial charge on any atom is 0.224 e. The Morgan fingerprint density at radius 1 is 1.36 bits per heavy atom. The van der Waals surface area contributed by atoms with E-state index in [4.69, 9.17) is 0 Å². The fourth-order valence-electron chi connectivity index (χ4n) is 2.31. The van der Waals surface area contributed by atoms with Crippen molar-refractivity contribution in [1.29, 1.82) is 0 Å². The summed E-state index contributed by atoms with van der Waals surface area (Å²) in [7, 11) is 0. The molecule has 1 amide bonds. The van der Waals surface area contributed by atoms with Crippen LogP contribution in [0.15, 0.2) is 22.5 Å². The second-order valence-corrected chi connectivity index (χ2v) is 6.07. The summed E-state index contributed by atoms with van der Waals surface area (Å²) in [6.45, 7) is 6.00. The standard InChI is InChI=1S/C15H24N4OS.HI/c1-2-16-15(18-12-13-6-5-11-21-13)17-8-7-14(20)19-9-3-4-10-19;/h5-6,11H,2-4,7-10,12H2,1H3,(H2,16,17,18);1H. The van der Waals surface area contributed by atoms with Crippen LogP contribution in [-0.4, -0.2) is 42.9 Å². The maximum absolute atomic E-state index is 12.0. The van der Waals surface area contributed by atoms with Crippen LogP contribution in [0.5, 0.6) is 0 Å². The highest BCUT2D eigenvalue weighted by Gasteiger charge is 2.17. The van der Waals surface area contributed by atoms with Crippen LogP contribution < -0.4 is 10.6 Å². The van der Waals surface area contributed by atoms with E-state index in [0.29, 0.717) is 19.5 Å². The number of nitrogens with one attached hydrogen (secondary N) is 2. The monoisotopic (exact) mass is 436 g/mol. The predicted octanol–water partition coefficient (Wildman–Crippen LogP) is 2.43. The summed E-state index contributed by atoms with van der Waals surface area (Å²) < 4.78 is 0. The first-order chi connectivity index (χ1) is 10.3. The number of nitrogens with zero attached hydrogens (tertiary/aromatic N) is 2. The second-order valence-electron chi connectivity index (χ2n) is 5.04. The molecule has 0 bridgehead atoms. The molecule has 1 aliphatic rings. The molecule has 0 aromatic carbocycles. The molecular weight excluding hydrogens is 411 g/mol. The Kier molecular flexibility index (Phi) is 9.45. The van der Waals surface area contributed by atoms with Gasteiger partial charge in [-0.15, -0.1) is 35.3 Å². The Bertz CT molecular complexity index is 458. The van der Waals surface area contributed by atoms with Crippen LogP contribution in [0.2, 0.25) is 0 Å². The third-order valence-electron chi connectivity index (χ3n) is 3.41.